The van der Waals surface area contributed by atoms with E-state index in [1.165, 1.54) is 5.56 Å². The maximum atomic E-state index is 11.0. The highest BCUT2D eigenvalue weighted by atomic mass is 16.5. The normalized spacial score (nSPS) is 24.6. The number of hydrogen-bond acceptors (Lipinski definition) is 3. The van der Waals surface area contributed by atoms with Crippen LogP contribution in [-0.2, 0) is 22.4 Å². The summed E-state index contributed by atoms with van der Waals surface area (Å²) in [7, 11) is 1.56. The van der Waals surface area contributed by atoms with Crippen LogP contribution in [0.2, 0.25) is 0 Å². The lowest BCUT2D eigenvalue weighted by atomic mass is 9.81. The first kappa shape index (κ1) is 10.2. The number of carbonyl (C=O) groups excluding carboxylic acids is 1. The fourth-order valence-corrected chi connectivity index (χ4v) is 2.10. The summed E-state index contributed by atoms with van der Waals surface area (Å²) in [6.07, 6.45) is 2.96. The van der Waals surface area contributed by atoms with Crippen LogP contribution in [0.3, 0.4) is 0 Å². The summed E-state index contributed by atoms with van der Waals surface area (Å²) in [6.45, 7) is 0. The van der Waals surface area contributed by atoms with Crippen LogP contribution in [0, 0.1) is 0 Å². The molecule has 1 atom stereocenters. The number of ether oxygens (including phenoxy) is 1. The smallest absolute Gasteiger partial charge is 0.152 e. The first-order valence-corrected chi connectivity index (χ1v) is 5.01. The van der Waals surface area contributed by atoms with Gasteiger partial charge in [-0.15, -0.1) is 0 Å². The number of aromatic hydroxyl groups is 1. The number of rotatable bonds is 2. The molecule has 15 heavy (non-hydrogen) atoms. The van der Waals surface area contributed by atoms with E-state index in [0.29, 0.717) is 12.8 Å². The summed E-state index contributed by atoms with van der Waals surface area (Å²) in [6, 6.07) is 5.31. The molecule has 3 nitrogen and oxygen atoms in total. The molecule has 1 unspecified atom stereocenters. The van der Waals surface area contributed by atoms with Gasteiger partial charge in [-0.1, -0.05) is 6.07 Å². The number of hydrogen-bond donors (Lipinski definition) is 1. The Morgan fingerprint density at radius 2 is 2.27 bits per heavy atom. The van der Waals surface area contributed by atoms with E-state index >= 15 is 0 Å². The topological polar surface area (TPSA) is 46.5 Å². The molecule has 0 fully saturated rings. The van der Waals surface area contributed by atoms with Crippen molar-refractivity contribution >= 4 is 6.29 Å². The number of phenols is 1. The second kappa shape index (κ2) is 3.66. The lowest BCUT2D eigenvalue weighted by Gasteiger charge is -2.32. The van der Waals surface area contributed by atoms with Gasteiger partial charge in [-0.3, -0.25) is 0 Å². The van der Waals surface area contributed by atoms with Crippen LogP contribution in [-0.4, -0.2) is 24.1 Å². The summed E-state index contributed by atoms with van der Waals surface area (Å²) in [4.78, 5) is 11.0. The third kappa shape index (κ3) is 1.75. The molecule has 0 aromatic heterocycles. The zero-order chi connectivity index (χ0) is 10.9. The van der Waals surface area contributed by atoms with E-state index in [-0.39, 0.29) is 5.75 Å². The maximum Gasteiger partial charge on any atom is 0.152 e. The van der Waals surface area contributed by atoms with Crippen molar-refractivity contribution in [1.82, 2.24) is 0 Å². The molecule has 1 N–H and O–H groups in total. The average Bonchev–Trinajstić information content (AvgIpc) is 2.28. The van der Waals surface area contributed by atoms with Crippen molar-refractivity contribution in [3.63, 3.8) is 0 Å². The molecule has 0 spiro atoms. The zero-order valence-electron chi connectivity index (χ0n) is 8.69. The molecule has 0 bridgehead atoms. The highest BCUT2D eigenvalue weighted by molar-refractivity contribution is 5.65. The average molecular weight is 206 g/mol. The molecule has 2 rings (SSSR count). The van der Waals surface area contributed by atoms with E-state index in [9.17, 15) is 9.90 Å². The molecule has 1 aliphatic rings. The van der Waals surface area contributed by atoms with E-state index < -0.39 is 5.60 Å². The number of aryl methyl sites for hydroxylation is 1. The molecule has 0 amide bonds. The number of methoxy groups -OCH3 is 1. The van der Waals surface area contributed by atoms with E-state index in [2.05, 4.69) is 0 Å². The number of carbonyl (C=O) groups is 1. The van der Waals surface area contributed by atoms with Crippen molar-refractivity contribution in [2.45, 2.75) is 24.9 Å². The van der Waals surface area contributed by atoms with Gasteiger partial charge < -0.3 is 14.6 Å². The van der Waals surface area contributed by atoms with Gasteiger partial charge in [-0.2, -0.15) is 0 Å². The van der Waals surface area contributed by atoms with E-state index in [4.69, 9.17) is 4.74 Å². The minimum absolute atomic E-state index is 0.242. The summed E-state index contributed by atoms with van der Waals surface area (Å²) in [5.74, 6) is 0.242. The minimum atomic E-state index is -0.694. The van der Waals surface area contributed by atoms with Crippen LogP contribution in [0.1, 0.15) is 17.5 Å². The summed E-state index contributed by atoms with van der Waals surface area (Å²) >= 11 is 0. The van der Waals surface area contributed by atoms with Crippen molar-refractivity contribution in [3.8, 4) is 5.75 Å². The Morgan fingerprint density at radius 3 is 2.93 bits per heavy atom. The summed E-state index contributed by atoms with van der Waals surface area (Å²) < 4.78 is 5.27. The van der Waals surface area contributed by atoms with Crippen LogP contribution in [0.15, 0.2) is 18.2 Å². The van der Waals surface area contributed by atoms with Crippen LogP contribution >= 0.6 is 0 Å². The Hall–Kier alpha value is -1.35. The van der Waals surface area contributed by atoms with Crippen LogP contribution < -0.4 is 0 Å². The van der Waals surface area contributed by atoms with E-state index in [1.54, 1.807) is 19.2 Å². The third-order valence-electron chi connectivity index (χ3n) is 3.12. The predicted octanol–water partition coefficient (Wildman–Crippen LogP) is 1.47. The Morgan fingerprint density at radius 1 is 1.47 bits per heavy atom. The molecule has 1 aliphatic carbocycles. The first-order valence-electron chi connectivity index (χ1n) is 5.01. The Balaban J connectivity index is 2.36. The molecule has 0 aliphatic heterocycles. The van der Waals surface area contributed by atoms with E-state index in [1.807, 2.05) is 6.07 Å². The molecule has 0 radical (unpaired) electrons. The maximum absolute atomic E-state index is 11.0. The number of fused-ring (bicyclic) bond motifs is 1. The Bertz CT molecular complexity index is 386. The quantitative estimate of drug-likeness (QED) is 0.745. The standard InChI is InChI=1S/C12H14O3/c1-15-12(8-13)5-4-9-2-3-11(14)6-10(9)7-12/h2-3,6,8,14H,4-5,7H2,1H3. The minimum Gasteiger partial charge on any atom is -0.508 e. The van der Waals surface area contributed by atoms with Gasteiger partial charge >= 0.3 is 0 Å². The lowest BCUT2D eigenvalue weighted by molar-refractivity contribution is -0.128. The van der Waals surface area contributed by atoms with E-state index in [0.717, 1.165) is 18.3 Å². The molecule has 0 heterocycles. The zero-order valence-corrected chi connectivity index (χ0v) is 8.69. The molecule has 0 saturated heterocycles. The number of benzene rings is 1. The van der Waals surface area contributed by atoms with Crippen molar-refractivity contribution in [3.05, 3.63) is 29.3 Å². The highest BCUT2D eigenvalue weighted by Crippen LogP contribution is 2.31. The summed E-state index contributed by atoms with van der Waals surface area (Å²) in [5.41, 5.74) is 1.51. The SMILES string of the molecule is COC1(C=O)CCc2ccc(O)cc2C1. The van der Waals surface area contributed by atoms with Crippen LogP contribution in [0.5, 0.6) is 5.75 Å². The van der Waals surface area contributed by atoms with Gasteiger partial charge in [-0.05, 0) is 36.1 Å². The van der Waals surface area contributed by atoms with Crippen molar-refractivity contribution < 1.29 is 14.6 Å². The third-order valence-corrected chi connectivity index (χ3v) is 3.12. The van der Waals surface area contributed by atoms with Crippen molar-refractivity contribution in [2.75, 3.05) is 7.11 Å². The first-order chi connectivity index (χ1) is 7.19. The van der Waals surface area contributed by atoms with Gasteiger partial charge in [0.1, 0.15) is 11.4 Å². The molecule has 0 saturated carbocycles. The van der Waals surface area contributed by atoms with Gasteiger partial charge in [0, 0.05) is 13.5 Å². The lowest BCUT2D eigenvalue weighted by Crippen LogP contribution is -2.39. The fraction of sp³-hybridized carbons (Fsp3) is 0.417. The second-order valence-corrected chi connectivity index (χ2v) is 4.02. The highest BCUT2D eigenvalue weighted by Gasteiger charge is 2.34. The fourth-order valence-electron chi connectivity index (χ4n) is 2.10. The van der Waals surface area contributed by atoms with Crippen molar-refractivity contribution in [1.29, 1.82) is 0 Å². The Labute approximate surface area is 88.7 Å². The van der Waals surface area contributed by atoms with Crippen LogP contribution in [0.4, 0.5) is 0 Å². The van der Waals surface area contributed by atoms with Gasteiger partial charge in [0.05, 0.1) is 0 Å². The molecular formula is C12H14O3. The van der Waals surface area contributed by atoms with Crippen LogP contribution in [0.25, 0.3) is 0 Å². The Kier molecular flexibility index (Phi) is 2.49. The summed E-state index contributed by atoms with van der Waals surface area (Å²) in [5, 5.41) is 9.37. The second-order valence-electron chi connectivity index (χ2n) is 4.02. The largest absolute Gasteiger partial charge is 0.508 e. The molecule has 80 valence electrons. The molecular weight excluding hydrogens is 192 g/mol. The molecule has 1 aromatic carbocycles. The molecule has 3 heteroatoms. The van der Waals surface area contributed by atoms with Crippen molar-refractivity contribution in [2.24, 2.45) is 0 Å². The van der Waals surface area contributed by atoms with Gasteiger partial charge in [0.15, 0.2) is 6.29 Å². The monoisotopic (exact) mass is 206 g/mol. The number of phenolic OH excluding ortho intramolecular Hbond substituents is 1. The predicted molar refractivity (Wildman–Crippen MR) is 55.9 cm³/mol. The van der Waals surface area contributed by atoms with Gasteiger partial charge in [0.25, 0.3) is 0 Å². The number of aldehydes is 1. The van der Waals surface area contributed by atoms with Gasteiger partial charge in [-0.25, -0.2) is 0 Å². The van der Waals surface area contributed by atoms with Gasteiger partial charge in [0.2, 0.25) is 0 Å². The molecule has 1 aromatic rings.